The van der Waals surface area contributed by atoms with E-state index in [2.05, 4.69) is 13.0 Å². The second-order valence-corrected chi connectivity index (χ2v) is 5.16. The predicted molar refractivity (Wildman–Crippen MR) is 84.3 cm³/mol. The zero-order chi connectivity index (χ0) is 15.2. The molecule has 0 saturated carbocycles. The van der Waals surface area contributed by atoms with E-state index < -0.39 is 0 Å². The molecule has 0 amide bonds. The fourth-order valence-electron chi connectivity index (χ4n) is 2.65. The number of methoxy groups -OCH3 is 1. The highest BCUT2D eigenvalue weighted by molar-refractivity contribution is 5.38. The van der Waals surface area contributed by atoms with Crippen LogP contribution in [0.2, 0.25) is 0 Å². The van der Waals surface area contributed by atoms with Crippen LogP contribution >= 0.6 is 0 Å². The van der Waals surface area contributed by atoms with Crippen molar-refractivity contribution in [1.29, 1.82) is 0 Å². The van der Waals surface area contributed by atoms with E-state index in [1.54, 1.807) is 13.2 Å². The Hall–Kier alpha value is -1.87. The second kappa shape index (κ2) is 7.23. The molecular weight excluding hydrogens is 265 g/mol. The van der Waals surface area contributed by atoms with Crippen molar-refractivity contribution in [1.82, 2.24) is 0 Å². The van der Waals surface area contributed by atoms with Crippen LogP contribution in [0.25, 0.3) is 0 Å². The van der Waals surface area contributed by atoms with Gasteiger partial charge in [0.25, 0.3) is 0 Å². The Kier molecular flexibility index (Phi) is 5.34. The summed E-state index contributed by atoms with van der Waals surface area (Å²) in [6.45, 7) is 2.52. The minimum atomic E-state index is -0.183. The molecule has 0 fully saturated rings. The summed E-state index contributed by atoms with van der Waals surface area (Å²) in [6.07, 6.45) is 1.64. The smallest absolute Gasteiger partial charge is 0.126 e. The van der Waals surface area contributed by atoms with Crippen molar-refractivity contribution in [2.24, 2.45) is 5.73 Å². The third-order valence-corrected chi connectivity index (χ3v) is 3.84. The number of ether oxygens (including phenoxy) is 1. The van der Waals surface area contributed by atoms with Crippen LogP contribution in [0, 0.1) is 5.82 Å². The maximum atomic E-state index is 13.9. The van der Waals surface area contributed by atoms with E-state index in [1.165, 1.54) is 11.6 Å². The van der Waals surface area contributed by atoms with Crippen LogP contribution in [0.4, 0.5) is 4.39 Å². The van der Waals surface area contributed by atoms with Gasteiger partial charge in [-0.25, -0.2) is 4.39 Å². The normalized spacial score (nSPS) is 12.2. The number of hydrogen-bond donors (Lipinski definition) is 1. The van der Waals surface area contributed by atoms with Crippen LogP contribution in [0.15, 0.2) is 42.5 Å². The van der Waals surface area contributed by atoms with E-state index in [4.69, 9.17) is 10.5 Å². The summed E-state index contributed by atoms with van der Waals surface area (Å²) < 4.78 is 19.3. The van der Waals surface area contributed by atoms with Crippen molar-refractivity contribution in [3.8, 4) is 5.75 Å². The minimum absolute atomic E-state index is 0.00991. The lowest BCUT2D eigenvalue weighted by Crippen LogP contribution is -2.16. The van der Waals surface area contributed by atoms with Gasteiger partial charge in [-0.2, -0.15) is 0 Å². The Morgan fingerprint density at radius 2 is 1.95 bits per heavy atom. The van der Waals surface area contributed by atoms with Crippen molar-refractivity contribution >= 4 is 0 Å². The van der Waals surface area contributed by atoms with Gasteiger partial charge in [-0.1, -0.05) is 37.3 Å². The molecule has 0 bridgehead atoms. The number of benzene rings is 2. The lowest BCUT2D eigenvalue weighted by atomic mass is 9.91. The number of aryl methyl sites for hydroxylation is 1. The maximum Gasteiger partial charge on any atom is 0.126 e. The number of rotatable bonds is 6. The molecule has 2 rings (SSSR count). The third-order valence-electron chi connectivity index (χ3n) is 3.84. The van der Waals surface area contributed by atoms with Crippen LogP contribution in [0.1, 0.15) is 29.5 Å². The molecule has 0 aliphatic rings. The van der Waals surface area contributed by atoms with Gasteiger partial charge in [-0.3, -0.25) is 0 Å². The fourth-order valence-corrected chi connectivity index (χ4v) is 2.65. The average molecular weight is 287 g/mol. The Morgan fingerprint density at radius 1 is 1.19 bits per heavy atom. The second-order valence-electron chi connectivity index (χ2n) is 5.16. The molecule has 2 nitrogen and oxygen atoms in total. The molecule has 0 aliphatic carbocycles. The molecule has 1 atom stereocenters. The van der Waals surface area contributed by atoms with E-state index in [0.717, 1.165) is 24.2 Å². The number of nitrogens with two attached hydrogens (primary N) is 1. The van der Waals surface area contributed by atoms with E-state index in [9.17, 15) is 4.39 Å². The largest absolute Gasteiger partial charge is 0.496 e. The number of halogens is 1. The first-order valence-corrected chi connectivity index (χ1v) is 7.29. The Morgan fingerprint density at radius 3 is 2.57 bits per heavy atom. The average Bonchev–Trinajstić information content (AvgIpc) is 2.53. The highest BCUT2D eigenvalue weighted by Crippen LogP contribution is 2.26. The quantitative estimate of drug-likeness (QED) is 0.879. The summed E-state index contributed by atoms with van der Waals surface area (Å²) in [5.41, 5.74) is 8.87. The molecule has 0 radical (unpaired) electrons. The molecule has 0 saturated heterocycles. The fraction of sp³-hybridized carbons (Fsp3) is 0.333. The Labute approximate surface area is 125 Å². The molecule has 2 aromatic rings. The first-order valence-electron chi connectivity index (χ1n) is 7.29. The zero-order valence-electron chi connectivity index (χ0n) is 12.6. The van der Waals surface area contributed by atoms with Gasteiger partial charge < -0.3 is 10.5 Å². The van der Waals surface area contributed by atoms with Crippen molar-refractivity contribution < 1.29 is 9.13 Å². The van der Waals surface area contributed by atoms with Crippen molar-refractivity contribution in [2.45, 2.75) is 25.7 Å². The maximum absolute atomic E-state index is 13.9. The first-order chi connectivity index (χ1) is 10.2. The molecule has 2 N–H and O–H groups in total. The summed E-state index contributed by atoms with van der Waals surface area (Å²) >= 11 is 0. The molecule has 0 aliphatic heterocycles. The van der Waals surface area contributed by atoms with E-state index in [1.807, 2.05) is 24.3 Å². The van der Waals surface area contributed by atoms with Gasteiger partial charge in [0.15, 0.2) is 0 Å². The molecule has 1 unspecified atom stereocenters. The highest BCUT2D eigenvalue weighted by atomic mass is 19.1. The van der Waals surface area contributed by atoms with Crippen molar-refractivity contribution in [3.05, 3.63) is 65.0 Å². The molecular formula is C18H22FNO. The van der Waals surface area contributed by atoms with Crippen LogP contribution in [-0.2, 0) is 12.8 Å². The van der Waals surface area contributed by atoms with Crippen LogP contribution in [0.5, 0.6) is 5.75 Å². The SMILES string of the molecule is CCc1cc(CC(CN)c2ccccc2F)ccc1OC. The molecule has 112 valence electrons. The van der Waals surface area contributed by atoms with E-state index in [0.29, 0.717) is 12.1 Å². The van der Waals surface area contributed by atoms with Crippen molar-refractivity contribution in [2.75, 3.05) is 13.7 Å². The monoisotopic (exact) mass is 287 g/mol. The minimum Gasteiger partial charge on any atom is -0.496 e. The molecule has 0 spiro atoms. The topological polar surface area (TPSA) is 35.2 Å². The Bertz CT molecular complexity index is 598. The van der Waals surface area contributed by atoms with Crippen LogP contribution < -0.4 is 10.5 Å². The first kappa shape index (κ1) is 15.5. The molecule has 0 aromatic heterocycles. The molecule has 2 aromatic carbocycles. The third kappa shape index (κ3) is 3.61. The number of hydrogen-bond acceptors (Lipinski definition) is 2. The van der Waals surface area contributed by atoms with E-state index >= 15 is 0 Å². The lowest BCUT2D eigenvalue weighted by Gasteiger charge is -2.17. The van der Waals surface area contributed by atoms with Gasteiger partial charge in [-0.15, -0.1) is 0 Å². The summed E-state index contributed by atoms with van der Waals surface area (Å²) in [7, 11) is 1.68. The van der Waals surface area contributed by atoms with Crippen molar-refractivity contribution in [3.63, 3.8) is 0 Å². The van der Waals surface area contributed by atoms with Crippen LogP contribution in [0.3, 0.4) is 0 Å². The van der Waals surface area contributed by atoms with Gasteiger partial charge >= 0.3 is 0 Å². The van der Waals surface area contributed by atoms with Gasteiger partial charge in [-0.05, 0) is 48.2 Å². The summed E-state index contributed by atoms with van der Waals surface area (Å²) in [5.74, 6) is 0.706. The van der Waals surface area contributed by atoms with Gasteiger partial charge in [0.2, 0.25) is 0 Å². The van der Waals surface area contributed by atoms with Gasteiger partial charge in [0.05, 0.1) is 7.11 Å². The summed E-state index contributed by atoms with van der Waals surface area (Å²) in [6, 6.07) is 13.0. The zero-order valence-corrected chi connectivity index (χ0v) is 12.6. The summed E-state index contributed by atoms with van der Waals surface area (Å²) in [5, 5.41) is 0. The molecule has 21 heavy (non-hydrogen) atoms. The molecule has 0 heterocycles. The predicted octanol–water partition coefficient (Wildman–Crippen LogP) is 3.68. The van der Waals surface area contributed by atoms with Gasteiger partial charge in [0, 0.05) is 5.92 Å². The lowest BCUT2D eigenvalue weighted by molar-refractivity contribution is 0.410. The standard InChI is InChI=1S/C18H22FNO/c1-3-14-10-13(8-9-18(14)21-2)11-15(12-20)16-6-4-5-7-17(16)19/h4-10,15H,3,11-12,20H2,1-2H3. The highest BCUT2D eigenvalue weighted by Gasteiger charge is 2.15. The van der Waals surface area contributed by atoms with Crippen LogP contribution in [-0.4, -0.2) is 13.7 Å². The Balaban J connectivity index is 2.25. The molecule has 3 heteroatoms. The van der Waals surface area contributed by atoms with Gasteiger partial charge in [0.1, 0.15) is 11.6 Å². The van der Waals surface area contributed by atoms with E-state index in [-0.39, 0.29) is 11.7 Å². The summed E-state index contributed by atoms with van der Waals surface area (Å²) in [4.78, 5) is 0.